The number of para-hydroxylation sites is 1. The van der Waals surface area contributed by atoms with E-state index in [9.17, 15) is 21.6 Å². The van der Waals surface area contributed by atoms with Gasteiger partial charge in [0.2, 0.25) is 0 Å². The number of nitrogens with zero attached hydrogens (tertiary/aromatic N) is 2. The van der Waals surface area contributed by atoms with Crippen LogP contribution in [0.2, 0.25) is 0 Å². The van der Waals surface area contributed by atoms with Crippen molar-refractivity contribution < 1.29 is 21.6 Å². The van der Waals surface area contributed by atoms with E-state index in [0.717, 1.165) is 54.3 Å². The van der Waals surface area contributed by atoms with Crippen LogP contribution in [0.5, 0.6) is 0 Å². The van der Waals surface area contributed by atoms with Gasteiger partial charge in [0.25, 0.3) is 9.84 Å². The molecule has 1 saturated heterocycles. The second kappa shape index (κ2) is 8.65. The lowest BCUT2D eigenvalue weighted by molar-refractivity contribution is -0.0436. The first-order valence-corrected chi connectivity index (χ1v) is 12.4. The fraction of sp³-hybridized carbons (Fsp3) is 0.429. The Bertz CT molecular complexity index is 1050. The zero-order chi connectivity index (χ0) is 22.2. The molecule has 168 valence electrons. The summed E-state index contributed by atoms with van der Waals surface area (Å²) in [4.78, 5) is 5.35. The molecule has 1 fully saturated rings. The molecule has 2 heterocycles. The van der Waals surface area contributed by atoms with Crippen LogP contribution in [0.1, 0.15) is 6.92 Å². The predicted octanol–water partition coefficient (Wildman–Crippen LogP) is 4.12. The van der Waals surface area contributed by atoms with Gasteiger partial charge < -0.3 is 15.1 Å². The SMILES string of the molecule is CC(CN1CCNCC1)CN1c2ccccc2Sc2ccc(S(=O)(=O)C(F)(F)F)cc21. The van der Waals surface area contributed by atoms with Crippen LogP contribution in [-0.2, 0) is 9.84 Å². The molecule has 0 bridgehead atoms. The molecular weight excluding hydrogens is 447 g/mol. The van der Waals surface area contributed by atoms with E-state index >= 15 is 0 Å². The number of fused-ring (bicyclic) bond motifs is 2. The molecule has 2 aliphatic rings. The van der Waals surface area contributed by atoms with Crippen LogP contribution < -0.4 is 10.2 Å². The number of anilines is 2. The van der Waals surface area contributed by atoms with Gasteiger partial charge in [-0.2, -0.15) is 13.2 Å². The van der Waals surface area contributed by atoms with Crippen LogP contribution in [0, 0.1) is 5.92 Å². The molecule has 5 nitrogen and oxygen atoms in total. The van der Waals surface area contributed by atoms with Crippen LogP contribution in [0.3, 0.4) is 0 Å². The number of nitrogens with one attached hydrogen (secondary N) is 1. The Labute approximate surface area is 184 Å². The second-order valence-electron chi connectivity index (χ2n) is 7.91. The molecule has 1 N–H and O–H groups in total. The summed E-state index contributed by atoms with van der Waals surface area (Å²) in [7, 11) is -5.41. The van der Waals surface area contributed by atoms with Gasteiger partial charge in [0, 0.05) is 49.1 Å². The van der Waals surface area contributed by atoms with Gasteiger partial charge in [-0.25, -0.2) is 8.42 Å². The molecule has 2 aliphatic heterocycles. The lowest BCUT2D eigenvalue weighted by Gasteiger charge is -2.36. The van der Waals surface area contributed by atoms with Crippen LogP contribution in [0.4, 0.5) is 24.5 Å². The zero-order valence-corrected chi connectivity index (χ0v) is 18.7. The van der Waals surface area contributed by atoms with Gasteiger partial charge in [-0.15, -0.1) is 0 Å². The maximum atomic E-state index is 13.1. The Morgan fingerprint density at radius 3 is 2.42 bits per heavy atom. The number of rotatable bonds is 5. The fourth-order valence-electron chi connectivity index (χ4n) is 4.01. The first-order valence-electron chi connectivity index (χ1n) is 10.1. The molecule has 31 heavy (non-hydrogen) atoms. The fourth-order valence-corrected chi connectivity index (χ4v) is 5.87. The Kier molecular flexibility index (Phi) is 6.26. The molecule has 2 aromatic rings. The number of piperazine rings is 1. The van der Waals surface area contributed by atoms with E-state index in [2.05, 4.69) is 17.1 Å². The number of alkyl halides is 3. The molecule has 1 atom stereocenters. The first kappa shape index (κ1) is 22.4. The topological polar surface area (TPSA) is 52.6 Å². The van der Waals surface area contributed by atoms with Crippen molar-refractivity contribution in [1.82, 2.24) is 10.2 Å². The van der Waals surface area contributed by atoms with Crippen LogP contribution in [-0.4, -0.2) is 58.1 Å². The third-order valence-corrected chi connectivity index (χ3v) is 8.10. The molecule has 0 aromatic heterocycles. The molecule has 10 heteroatoms. The van der Waals surface area contributed by atoms with E-state index in [4.69, 9.17) is 0 Å². The van der Waals surface area contributed by atoms with Gasteiger partial charge in [-0.1, -0.05) is 30.8 Å². The summed E-state index contributed by atoms with van der Waals surface area (Å²) in [5.74, 6) is 0.227. The summed E-state index contributed by atoms with van der Waals surface area (Å²) in [5.41, 5.74) is -3.95. The van der Waals surface area contributed by atoms with Crippen LogP contribution >= 0.6 is 11.8 Å². The lowest BCUT2D eigenvalue weighted by atomic mass is 10.1. The van der Waals surface area contributed by atoms with Crippen molar-refractivity contribution >= 4 is 33.0 Å². The Hall–Kier alpha value is -1.75. The minimum Gasteiger partial charge on any atom is -0.339 e. The largest absolute Gasteiger partial charge is 0.501 e. The van der Waals surface area contributed by atoms with Crippen LogP contribution in [0.25, 0.3) is 0 Å². The average molecular weight is 472 g/mol. The Morgan fingerprint density at radius 2 is 1.71 bits per heavy atom. The third kappa shape index (κ3) is 4.57. The van der Waals surface area contributed by atoms with Crippen molar-refractivity contribution in [2.45, 2.75) is 27.1 Å². The maximum Gasteiger partial charge on any atom is 0.501 e. The van der Waals surface area contributed by atoms with Gasteiger partial charge in [0.05, 0.1) is 16.3 Å². The highest BCUT2D eigenvalue weighted by Gasteiger charge is 2.47. The highest BCUT2D eigenvalue weighted by molar-refractivity contribution is 7.99. The Morgan fingerprint density at radius 1 is 1.03 bits per heavy atom. The summed E-state index contributed by atoms with van der Waals surface area (Å²) in [5, 5.41) is 3.32. The van der Waals surface area contributed by atoms with Crippen LogP contribution in [0.15, 0.2) is 57.2 Å². The summed E-state index contributed by atoms with van der Waals surface area (Å²) in [6.45, 7) is 7.35. The molecule has 0 spiro atoms. The van der Waals surface area contributed by atoms with Gasteiger partial charge >= 0.3 is 5.51 Å². The molecule has 4 rings (SSSR count). The molecule has 2 aromatic carbocycles. The number of hydrogen-bond donors (Lipinski definition) is 1. The van der Waals surface area contributed by atoms with Crippen molar-refractivity contribution in [3.05, 3.63) is 42.5 Å². The number of hydrogen-bond acceptors (Lipinski definition) is 6. The summed E-state index contributed by atoms with van der Waals surface area (Å²) in [6.07, 6.45) is 0. The monoisotopic (exact) mass is 471 g/mol. The first-order chi connectivity index (χ1) is 14.7. The molecule has 0 radical (unpaired) electrons. The molecule has 0 amide bonds. The van der Waals surface area contributed by atoms with Crippen molar-refractivity contribution in [3.8, 4) is 0 Å². The highest BCUT2D eigenvalue weighted by Crippen LogP contribution is 2.49. The zero-order valence-electron chi connectivity index (χ0n) is 17.0. The van der Waals surface area contributed by atoms with Gasteiger partial charge in [-0.05, 0) is 36.2 Å². The Balaban J connectivity index is 1.68. The molecule has 1 unspecified atom stereocenters. The molecular formula is C21H24F3N3O2S2. The highest BCUT2D eigenvalue weighted by atomic mass is 32.2. The standard InChI is InChI=1S/C21H24F3N3O2S2/c1-15(13-26-10-8-25-9-11-26)14-27-17-4-2-3-5-19(17)30-20-7-6-16(12-18(20)27)31(28,29)21(22,23)24/h2-7,12,15,25H,8-11,13-14H2,1H3. The predicted molar refractivity (Wildman–Crippen MR) is 116 cm³/mol. The van der Waals surface area contributed by atoms with Crippen molar-refractivity contribution in [1.29, 1.82) is 0 Å². The third-order valence-electron chi connectivity index (χ3n) is 5.49. The van der Waals surface area contributed by atoms with E-state index in [0.29, 0.717) is 12.2 Å². The smallest absolute Gasteiger partial charge is 0.339 e. The van der Waals surface area contributed by atoms with E-state index in [1.54, 1.807) is 0 Å². The summed E-state index contributed by atoms with van der Waals surface area (Å²) in [6, 6.07) is 11.4. The number of sulfone groups is 1. The molecule has 0 saturated carbocycles. The minimum absolute atomic E-state index is 0.227. The average Bonchev–Trinajstić information content (AvgIpc) is 2.73. The quantitative estimate of drug-likeness (QED) is 0.708. The lowest BCUT2D eigenvalue weighted by Crippen LogP contribution is -2.46. The van der Waals surface area contributed by atoms with E-state index in [1.165, 1.54) is 23.9 Å². The van der Waals surface area contributed by atoms with Gasteiger partial charge in [0.1, 0.15) is 0 Å². The van der Waals surface area contributed by atoms with Gasteiger partial charge in [-0.3, -0.25) is 0 Å². The van der Waals surface area contributed by atoms with Crippen molar-refractivity contribution in [3.63, 3.8) is 0 Å². The molecule has 0 aliphatic carbocycles. The van der Waals surface area contributed by atoms with Crippen molar-refractivity contribution in [2.24, 2.45) is 5.92 Å². The maximum absolute atomic E-state index is 13.1. The summed E-state index contributed by atoms with van der Waals surface area (Å²) >= 11 is 1.44. The number of benzene rings is 2. The van der Waals surface area contributed by atoms with Gasteiger partial charge in [0.15, 0.2) is 0 Å². The normalized spacial score (nSPS) is 18.4. The van der Waals surface area contributed by atoms with E-state index < -0.39 is 20.2 Å². The minimum atomic E-state index is -5.41. The number of halogens is 3. The second-order valence-corrected chi connectivity index (χ2v) is 10.9. The van der Waals surface area contributed by atoms with E-state index in [-0.39, 0.29) is 5.92 Å². The van der Waals surface area contributed by atoms with Crippen molar-refractivity contribution in [2.75, 3.05) is 44.2 Å². The summed E-state index contributed by atoms with van der Waals surface area (Å²) < 4.78 is 63.4. The van der Waals surface area contributed by atoms with E-state index in [1.807, 2.05) is 29.2 Å².